The molecule has 0 aromatic heterocycles. The highest BCUT2D eigenvalue weighted by atomic mass is 16.3. The van der Waals surface area contributed by atoms with Gasteiger partial charge in [-0.1, -0.05) is 57.6 Å². The summed E-state index contributed by atoms with van der Waals surface area (Å²) in [4.78, 5) is 24.6. The molecule has 4 heteroatoms. The molecule has 0 fully saturated rings. The van der Waals surface area contributed by atoms with E-state index in [9.17, 15) is 14.7 Å². The molecular formula is C18H25NO3. The van der Waals surface area contributed by atoms with Crippen LogP contribution in [0.3, 0.4) is 0 Å². The molecule has 1 heterocycles. The minimum atomic E-state index is -1.90. The molecule has 1 aliphatic rings. The third-order valence-corrected chi connectivity index (χ3v) is 4.31. The molecule has 0 aliphatic carbocycles. The molecule has 1 aromatic rings. The summed E-state index contributed by atoms with van der Waals surface area (Å²) >= 11 is 0. The van der Waals surface area contributed by atoms with Crippen LogP contribution in [-0.4, -0.2) is 22.4 Å². The van der Waals surface area contributed by atoms with Gasteiger partial charge < -0.3 is 10.4 Å². The number of ketones is 1. The van der Waals surface area contributed by atoms with Crippen molar-refractivity contribution >= 4 is 17.4 Å². The van der Waals surface area contributed by atoms with Gasteiger partial charge in [0.2, 0.25) is 11.4 Å². The SMILES string of the molecule is CCCCCCCCC[C@@]1(O)C(=O)Nc2ccccc2C1=O. The van der Waals surface area contributed by atoms with Crippen LogP contribution in [0.15, 0.2) is 24.3 Å². The lowest BCUT2D eigenvalue weighted by molar-refractivity contribution is -0.130. The van der Waals surface area contributed by atoms with Gasteiger partial charge in [-0.2, -0.15) is 0 Å². The van der Waals surface area contributed by atoms with E-state index in [1.807, 2.05) is 0 Å². The smallest absolute Gasteiger partial charge is 0.264 e. The molecule has 0 saturated carbocycles. The van der Waals surface area contributed by atoms with Crippen LogP contribution in [-0.2, 0) is 4.79 Å². The van der Waals surface area contributed by atoms with Gasteiger partial charge in [-0.15, -0.1) is 0 Å². The van der Waals surface area contributed by atoms with Crippen molar-refractivity contribution in [2.45, 2.75) is 63.9 Å². The summed E-state index contributed by atoms with van der Waals surface area (Å²) in [5.41, 5.74) is -1.02. The molecule has 4 nitrogen and oxygen atoms in total. The van der Waals surface area contributed by atoms with E-state index >= 15 is 0 Å². The number of aliphatic hydroxyl groups is 1. The number of hydrogen-bond donors (Lipinski definition) is 2. The molecule has 1 atom stereocenters. The van der Waals surface area contributed by atoms with Crippen molar-refractivity contribution in [1.29, 1.82) is 0 Å². The van der Waals surface area contributed by atoms with Crippen LogP contribution < -0.4 is 5.32 Å². The standard InChI is InChI=1S/C18H25NO3/c1-2-3-4-5-6-7-10-13-18(22)16(20)14-11-8-9-12-15(14)19-17(18)21/h8-9,11-12,22H,2-7,10,13H2,1H3,(H,19,21)/t18-/m0/s1. The summed E-state index contributed by atoms with van der Waals surface area (Å²) in [5, 5.41) is 13.2. The van der Waals surface area contributed by atoms with Gasteiger partial charge in [-0.05, 0) is 25.0 Å². The van der Waals surface area contributed by atoms with Crippen LogP contribution in [0.1, 0.15) is 68.6 Å². The number of benzene rings is 1. The molecule has 0 radical (unpaired) electrons. The number of nitrogens with one attached hydrogen (secondary N) is 1. The molecule has 0 spiro atoms. The Morgan fingerprint density at radius 3 is 2.36 bits per heavy atom. The van der Waals surface area contributed by atoms with Gasteiger partial charge >= 0.3 is 0 Å². The number of fused-ring (bicyclic) bond motifs is 1. The fourth-order valence-electron chi connectivity index (χ4n) is 2.91. The van der Waals surface area contributed by atoms with E-state index in [0.717, 1.165) is 12.8 Å². The lowest BCUT2D eigenvalue weighted by Crippen LogP contribution is -2.53. The number of para-hydroxylation sites is 1. The van der Waals surface area contributed by atoms with Gasteiger partial charge in [0.15, 0.2) is 0 Å². The fraction of sp³-hybridized carbons (Fsp3) is 0.556. The Morgan fingerprint density at radius 1 is 1.00 bits per heavy atom. The molecule has 120 valence electrons. The van der Waals surface area contributed by atoms with E-state index in [1.165, 1.54) is 25.7 Å². The lowest BCUT2D eigenvalue weighted by atomic mass is 9.83. The summed E-state index contributed by atoms with van der Waals surface area (Å²) in [6, 6.07) is 6.82. The Hall–Kier alpha value is -1.68. The highest BCUT2D eigenvalue weighted by Gasteiger charge is 2.47. The highest BCUT2D eigenvalue weighted by Crippen LogP contribution is 2.31. The largest absolute Gasteiger partial charge is 0.373 e. The van der Waals surface area contributed by atoms with Gasteiger partial charge in [0.05, 0.1) is 5.69 Å². The predicted octanol–water partition coefficient (Wildman–Crippen LogP) is 3.69. The van der Waals surface area contributed by atoms with Gasteiger partial charge in [0.1, 0.15) is 0 Å². The van der Waals surface area contributed by atoms with E-state index in [2.05, 4.69) is 12.2 Å². The number of anilines is 1. The Bertz CT molecular complexity index is 541. The quantitative estimate of drug-likeness (QED) is 0.568. The van der Waals surface area contributed by atoms with Crippen molar-refractivity contribution in [1.82, 2.24) is 0 Å². The van der Waals surface area contributed by atoms with Crippen molar-refractivity contribution in [3.8, 4) is 0 Å². The third kappa shape index (κ3) is 3.55. The minimum Gasteiger partial charge on any atom is -0.373 e. The van der Waals surface area contributed by atoms with Crippen molar-refractivity contribution in [2.24, 2.45) is 0 Å². The first-order valence-electron chi connectivity index (χ1n) is 8.27. The molecule has 0 saturated heterocycles. The van der Waals surface area contributed by atoms with E-state index < -0.39 is 17.3 Å². The van der Waals surface area contributed by atoms with Crippen molar-refractivity contribution in [2.75, 3.05) is 5.32 Å². The van der Waals surface area contributed by atoms with Gasteiger partial charge in [0.25, 0.3) is 5.91 Å². The number of rotatable bonds is 8. The number of Topliss-reactive ketones (excluding diaryl/α,β-unsaturated/α-hetero) is 1. The van der Waals surface area contributed by atoms with E-state index in [4.69, 9.17) is 0 Å². The summed E-state index contributed by atoms with van der Waals surface area (Å²) in [6.07, 6.45) is 7.78. The molecular weight excluding hydrogens is 278 g/mol. The molecule has 22 heavy (non-hydrogen) atoms. The molecule has 0 unspecified atom stereocenters. The molecule has 0 bridgehead atoms. The number of carbonyl (C=O) groups is 2. The van der Waals surface area contributed by atoms with Crippen LogP contribution >= 0.6 is 0 Å². The van der Waals surface area contributed by atoms with Crippen LogP contribution in [0.25, 0.3) is 0 Å². The van der Waals surface area contributed by atoms with E-state index in [1.54, 1.807) is 24.3 Å². The Balaban J connectivity index is 1.90. The first-order chi connectivity index (χ1) is 10.6. The topological polar surface area (TPSA) is 66.4 Å². The molecule has 1 aliphatic heterocycles. The van der Waals surface area contributed by atoms with E-state index in [0.29, 0.717) is 17.7 Å². The number of hydrogen-bond acceptors (Lipinski definition) is 3. The van der Waals surface area contributed by atoms with Crippen LogP contribution in [0.2, 0.25) is 0 Å². The lowest BCUT2D eigenvalue weighted by Gasteiger charge is -2.30. The predicted molar refractivity (Wildman–Crippen MR) is 87.0 cm³/mol. The number of carbonyl (C=O) groups excluding carboxylic acids is 2. The van der Waals surface area contributed by atoms with Gasteiger partial charge in [-0.25, -0.2) is 0 Å². The zero-order valence-corrected chi connectivity index (χ0v) is 13.2. The molecule has 2 rings (SSSR count). The van der Waals surface area contributed by atoms with Crippen molar-refractivity contribution in [3.63, 3.8) is 0 Å². The maximum atomic E-state index is 12.4. The minimum absolute atomic E-state index is 0.194. The van der Waals surface area contributed by atoms with Crippen LogP contribution in [0, 0.1) is 0 Å². The first-order valence-corrected chi connectivity index (χ1v) is 8.27. The monoisotopic (exact) mass is 303 g/mol. The maximum Gasteiger partial charge on any atom is 0.264 e. The summed E-state index contributed by atoms with van der Waals surface area (Å²) in [7, 11) is 0. The Kier molecular flexibility index (Phi) is 5.72. The number of amides is 1. The second-order valence-corrected chi connectivity index (χ2v) is 6.06. The fourth-order valence-corrected chi connectivity index (χ4v) is 2.91. The number of unbranched alkanes of at least 4 members (excludes halogenated alkanes) is 6. The maximum absolute atomic E-state index is 12.4. The molecule has 1 aromatic carbocycles. The zero-order valence-electron chi connectivity index (χ0n) is 13.2. The Morgan fingerprint density at radius 2 is 1.64 bits per heavy atom. The second-order valence-electron chi connectivity index (χ2n) is 6.06. The Labute approximate surface area is 131 Å². The summed E-state index contributed by atoms with van der Waals surface area (Å²) in [5.74, 6) is -1.07. The molecule has 1 amide bonds. The first kappa shape index (κ1) is 16.7. The van der Waals surface area contributed by atoms with Gasteiger partial charge in [-0.3, -0.25) is 9.59 Å². The normalized spacial score (nSPS) is 20.6. The average Bonchev–Trinajstić information content (AvgIpc) is 2.52. The zero-order chi connectivity index (χ0) is 16.0. The average molecular weight is 303 g/mol. The van der Waals surface area contributed by atoms with E-state index in [-0.39, 0.29) is 6.42 Å². The van der Waals surface area contributed by atoms with Crippen LogP contribution in [0.5, 0.6) is 0 Å². The van der Waals surface area contributed by atoms with Crippen molar-refractivity contribution < 1.29 is 14.7 Å². The van der Waals surface area contributed by atoms with Gasteiger partial charge in [0, 0.05) is 5.56 Å². The van der Waals surface area contributed by atoms with Crippen molar-refractivity contribution in [3.05, 3.63) is 29.8 Å². The summed E-state index contributed by atoms with van der Waals surface area (Å²) < 4.78 is 0. The summed E-state index contributed by atoms with van der Waals surface area (Å²) in [6.45, 7) is 2.18. The van der Waals surface area contributed by atoms with Crippen LogP contribution in [0.4, 0.5) is 5.69 Å². The molecule has 2 N–H and O–H groups in total. The second kappa shape index (κ2) is 7.54. The third-order valence-electron chi connectivity index (χ3n) is 4.31. The highest BCUT2D eigenvalue weighted by molar-refractivity contribution is 6.26.